The first-order valence-electron chi connectivity index (χ1n) is 5.34. The summed E-state index contributed by atoms with van der Waals surface area (Å²) in [5.41, 5.74) is -1.05. The molecule has 0 aliphatic carbocycles. The van der Waals surface area contributed by atoms with Crippen molar-refractivity contribution >= 4 is 5.97 Å². The maximum Gasteiger partial charge on any atom is 0.416 e. The third-order valence-electron chi connectivity index (χ3n) is 2.31. The maximum atomic E-state index is 12.3. The third kappa shape index (κ3) is 3.28. The summed E-state index contributed by atoms with van der Waals surface area (Å²) < 4.78 is 46.9. The average Bonchev–Trinajstić information content (AvgIpc) is 2.85. The highest BCUT2D eigenvalue weighted by molar-refractivity contribution is 5.84. The van der Waals surface area contributed by atoms with Crippen LogP contribution >= 0.6 is 0 Å². The van der Waals surface area contributed by atoms with E-state index in [0.29, 0.717) is 0 Å². The second-order valence-corrected chi connectivity index (χ2v) is 3.74. The van der Waals surface area contributed by atoms with E-state index in [1.54, 1.807) is 0 Å². The summed E-state index contributed by atoms with van der Waals surface area (Å²) in [5.74, 6) is -1.04. The molecule has 2 aromatic rings. The maximum absolute atomic E-state index is 12.3. The van der Waals surface area contributed by atoms with Crippen LogP contribution in [0.25, 0.3) is 0 Å². The smallest absolute Gasteiger partial charge is 0.416 e. The van der Waals surface area contributed by atoms with Crippen molar-refractivity contribution in [3.8, 4) is 5.75 Å². The fourth-order valence-electron chi connectivity index (χ4n) is 1.36. The zero-order valence-corrected chi connectivity index (χ0v) is 9.85. The topological polar surface area (TPSA) is 72.6 Å². The molecule has 0 saturated carbocycles. The lowest BCUT2D eigenvalue weighted by Gasteiger charge is -2.07. The molecule has 0 aliphatic heterocycles. The standard InChI is InChI=1S/C12H8F3NO4/c13-12(14,15)7-1-3-8(4-2-7)19-6-10-16-9(5-20-10)11(17)18/h1-5H,6H2,(H,17,18). The molecule has 1 N–H and O–H groups in total. The van der Waals surface area contributed by atoms with Crippen molar-refractivity contribution in [2.45, 2.75) is 12.8 Å². The Balaban J connectivity index is 1.98. The molecule has 0 amide bonds. The molecule has 0 radical (unpaired) electrons. The Hall–Kier alpha value is -2.51. The lowest BCUT2D eigenvalue weighted by Crippen LogP contribution is -2.04. The summed E-state index contributed by atoms with van der Waals surface area (Å²) in [6.45, 7) is -0.182. The van der Waals surface area contributed by atoms with E-state index < -0.39 is 17.7 Å². The van der Waals surface area contributed by atoms with Crippen LogP contribution in [0.5, 0.6) is 5.75 Å². The van der Waals surface area contributed by atoms with Crippen LogP contribution < -0.4 is 4.74 Å². The number of hydrogen-bond acceptors (Lipinski definition) is 4. The molecule has 20 heavy (non-hydrogen) atoms. The predicted molar refractivity (Wildman–Crippen MR) is 59.2 cm³/mol. The Morgan fingerprint density at radius 2 is 1.95 bits per heavy atom. The largest absolute Gasteiger partial charge is 0.484 e. The van der Waals surface area contributed by atoms with Gasteiger partial charge in [0.1, 0.15) is 12.0 Å². The summed E-state index contributed by atoms with van der Waals surface area (Å²) in [6.07, 6.45) is -3.45. The van der Waals surface area contributed by atoms with Crippen molar-refractivity contribution in [2.75, 3.05) is 0 Å². The quantitative estimate of drug-likeness (QED) is 0.935. The van der Waals surface area contributed by atoms with Gasteiger partial charge in [-0.1, -0.05) is 0 Å². The van der Waals surface area contributed by atoms with E-state index in [0.717, 1.165) is 30.5 Å². The van der Waals surface area contributed by atoms with E-state index in [1.165, 1.54) is 0 Å². The normalized spacial score (nSPS) is 11.3. The van der Waals surface area contributed by atoms with Gasteiger partial charge in [0.2, 0.25) is 5.89 Å². The van der Waals surface area contributed by atoms with Gasteiger partial charge in [0.05, 0.1) is 5.56 Å². The summed E-state index contributed by atoms with van der Waals surface area (Å²) in [5, 5.41) is 8.62. The van der Waals surface area contributed by atoms with Gasteiger partial charge in [0.15, 0.2) is 12.3 Å². The number of alkyl halides is 3. The van der Waals surface area contributed by atoms with Crippen molar-refractivity contribution < 1.29 is 32.2 Å². The highest BCUT2D eigenvalue weighted by Crippen LogP contribution is 2.30. The Morgan fingerprint density at radius 1 is 1.30 bits per heavy atom. The van der Waals surface area contributed by atoms with Crippen LogP contribution in [-0.2, 0) is 12.8 Å². The molecule has 8 heteroatoms. The minimum atomic E-state index is -4.41. The SMILES string of the molecule is O=C(O)c1coc(COc2ccc(C(F)(F)F)cc2)n1. The van der Waals surface area contributed by atoms with Gasteiger partial charge in [0.25, 0.3) is 0 Å². The summed E-state index contributed by atoms with van der Waals surface area (Å²) >= 11 is 0. The van der Waals surface area contributed by atoms with Crippen LogP contribution in [0.3, 0.4) is 0 Å². The highest BCUT2D eigenvalue weighted by atomic mass is 19.4. The molecule has 1 aromatic heterocycles. The molecular weight excluding hydrogens is 279 g/mol. The molecule has 0 atom stereocenters. The zero-order chi connectivity index (χ0) is 14.8. The Kier molecular flexibility index (Phi) is 3.64. The van der Waals surface area contributed by atoms with Gasteiger partial charge in [-0.05, 0) is 24.3 Å². The van der Waals surface area contributed by atoms with Crippen molar-refractivity contribution in [3.63, 3.8) is 0 Å². The number of benzene rings is 1. The van der Waals surface area contributed by atoms with Gasteiger partial charge in [-0.25, -0.2) is 9.78 Å². The molecule has 106 valence electrons. The number of rotatable bonds is 4. The second kappa shape index (κ2) is 5.24. The summed E-state index contributed by atoms with van der Waals surface area (Å²) in [6, 6.07) is 4.08. The molecule has 2 rings (SSSR count). The number of ether oxygens (including phenoxy) is 1. The van der Waals surface area contributed by atoms with E-state index >= 15 is 0 Å². The number of carboxylic acid groups (broad SMARTS) is 1. The van der Waals surface area contributed by atoms with Gasteiger partial charge in [0, 0.05) is 0 Å². The molecule has 0 fully saturated rings. The van der Waals surface area contributed by atoms with E-state index in [4.69, 9.17) is 14.3 Å². The van der Waals surface area contributed by atoms with Crippen LogP contribution in [0.1, 0.15) is 21.9 Å². The van der Waals surface area contributed by atoms with Crippen molar-refractivity contribution in [2.24, 2.45) is 0 Å². The van der Waals surface area contributed by atoms with Crippen LogP contribution in [0.2, 0.25) is 0 Å². The Bertz CT molecular complexity index is 604. The number of oxazole rings is 1. The summed E-state index contributed by atoms with van der Waals surface area (Å²) in [4.78, 5) is 14.2. The zero-order valence-electron chi connectivity index (χ0n) is 9.85. The van der Waals surface area contributed by atoms with Gasteiger partial charge in [-0.3, -0.25) is 0 Å². The molecule has 0 unspecified atom stereocenters. The molecular formula is C12H8F3NO4. The van der Waals surface area contributed by atoms with Crippen molar-refractivity contribution in [3.05, 3.63) is 47.7 Å². The average molecular weight is 287 g/mol. The van der Waals surface area contributed by atoms with Crippen molar-refractivity contribution in [1.29, 1.82) is 0 Å². The minimum absolute atomic E-state index is 0.0160. The Labute approximate surface area is 110 Å². The molecule has 1 aromatic carbocycles. The number of carbonyl (C=O) groups is 1. The number of aromatic nitrogens is 1. The van der Waals surface area contributed by atoms with Gasteiger partial charge in [-0.15, -0.1) is 0 Å². The molecule has 0 spiro atoms. The number of nitrogens with zero attached hydrogens (tertiary/aromatic N) is 1. The molecule has 5 nitrogen and oxygen atoms in total. The van der Waals surface area contributed by atoms with Crippen LogP contribution in [0, 0.1) is 0 Å². The first-order valence-corrected chi connectivity index (χ1v) is 5.34. The molecule has 0 aliphatic rings. The number of hydrogen-bond donors (Lipinski definition) is 1. The van der Waals surface area contributed by atoms with Gasteiger partial charge >= 0.3 is 12.1 Å². The Morgan fingerprint density at radius 3 is 2.45 bits per heavy atom. The second-order valence-electron chi connectivity index (χ2n) is 3.74. The van der Waals surface area contributed by atoms with Crippen LogP contribution in [0.15, 0.2) is 34.9 Å². The fourth-order valence-corrected chi connectivity index (χ4v) is 1.36. The van der Waals surface area contributed by atoms with Crippen LogP contribution in [-0.4, -0.2) is 16.1 Å². The number of aromatic carboxylic acids is 1. The third-order valence-corrected chi connectivity index (χ3v) is 2.31. The lowest BCUT2D eigenvalue weighted by atomic mass is 10.2. The highest BCUT2D eigenvalue weighted by Gasteiger charge is 2.30. The van der Waals surface area contributed by atoms with E-state index in [1.807, 2.05) is 0 Å². The number of halogens is 3. The first kappa shape index (κ1) is 13.9. The molecule has 0 bridgehead atoms. The number of carboxylic acids is 1. The van der Waals surface area contributed by atoms with E-state index in [-0.39, 0.29) is 23.9 Å². The first-order chi connectivity index (χ1) is 9.36. The van der Waals surface area contributed by atoms with Gasteiger partial charge < -0.3 is 14.3 Å². The molecule has 1 heterocycles. The summed E-state index contributed by atoms with van der Waals surface area (Å²) in [7, 11) is 0. The predicted octanol–water partition coefficient (Wildman–Crippen LogP) is 2.97. The molecule has 0 saturated heterocycles. The van der Waals surface area contributed by atoms with Crippen LogP contribution in [0.4, 0.5) is 13.2 Å². The van der Waals surface area contributed by atoms with Crippen molar-refractivity contribution in [1.82, 2.24) is 4.98 Å². The van der Waals surface area contributed by atoms with E-state index in [2.05, 4.69) is 4.98 Å². The van der Waals surface area contributed by atoms with E-state index in [9.17, 15) is 18.0 Å². The lowest BCUT2D eigenvalue weighted by molar-refractivity contribution is -0.137. The van der Waals surface area contributed by atoms with Gasteiger partial charge in [-0.2, -0.15) is 13.2 Å². The minimum Gasteiger partial charge on any atom is -0.484 e. The monoisotopic (exact) mass is 287 g/mol. The fraction of sp³-hybridized carbons (Fsp3) is 0.167.